The van der Waals surface area contributed by atoms with Crippen LogP contribution in [-0.2, 0) is 13.0 Å². The molecule has 6 nitrogen and oxygen atoms in total. The number of rotatable bonds is 8. The molecule has 1 N–H and O–H groups in total. The van der Waals surface area contributed by atoms with Crippen LogP contribution >= 0.6 is 11.3 Å². The summed E-state index contributed by atoms with van der Waals surface area (Å²) >= 11 is 1.54. The largest absolute Gasteiger partial charge is 0.487 e. The van der Waals surface area contributed by atoms with Crippen molar-refractivity contribution < 1.29 is 9.53 Å². The Balaban J connectivity index is 1.25. The molecule has 29 heavy (non-hydrogen) atoms. The van der Waals surface area contributed by atoms with E-state index in [4.69, 9.17) is 4.74 Å². The van der Waals surface area contributed by atoms with Crippen molar-refractivity contribution in [3.63, 3.8) is 0 Å². The Morgan fingerprint density at radius 2 is 1.93 bits per heavy atom. The van der Waals surface area contributed by atoms with Crippen molar-refractivity contribution in [1.29, 1.82) is 0 Å². The van der Waals surface area contributed by atoms with Gasteiger partial charge in [0, 0.05) is 23.7 Å². The van der Waals surface area contributed by atoms with Crippen LogP contribution in [0.2, 0.25) is 0 Å². The summed E-state index contributed by atoms with van der Waals surface area (Å²) in [5.41, 5.74) is 5.36. The zero-order valence-electron chi connectivity index (χ0n) is 15.7. The Labute approximate surface area is 172 Å². The predicted octanol–water partition coefficient (Wildman–Crippen LogP) is 3.88. The van der Waals surface area contributed by atoms with Crippen LogP contribution in [0.25, 0.3) is 5.69 Å². The maximum absolute atomic E-state index is 12.3. The summed E-state index contributed by atoms with van der Waals surface area (Å²) in [6.45, 7) is 0.965. The first-order chi connectivity index (χ1) is 14.3. The van der Waals surface area contributed by atoms with Gasteiger partial charge in [-0.3, -0.25) is 4.79 Å². The smallest absolute Gasteiger partial charge is 0.251 e. The number of ether oxygens (including phenoxy) is 1. The molecule has 1 amide bonds. The fourth-order valence-electron chi connectivity index (χ4n) is 2.80. The average Bonchev–Trinajstić information content (AvgIpc) is 3.45. The van der Waals surface area contributed by atoms with Crippen molar-refractivity contribution in [3.05, 3.63) is 94.7 Å². The molecule has 0 aliphatic heterocycles. The van der Waals surface area contributed by atoms with E-state index in [0.29, 0.717) is 30.9 Å². The van der Waals surface area contributed by atoms with Gasteiger partial charge in [0.1, 0.15) is 12.4 Å². The standard InChI is InChI=1S/C22H20N4O2S/c27-22(18-6-8-21(9-7-18)28-14-19-15-29-16-24-19)23-11-10-17-12-25-26(13-17)20-4-2-1-3-5-20/h1-9,12-13,15-16H,10-11,14H2,(H,23,27). The lowest BCUT2D eigenvalue weighted by Gasteiger charge is -2.07. The molecule has 2 aromatic carbocycles. The van der Waals surface area contributed by atoms with Gasteiger partial charge < -0.3 is 10.1 Å². The quantitative estimate of drug-likeness (QED) is 0.484. The topological polar surface area (TPSA) is 69.0 Å². The zero-order valence-corrected chi connectivity index (χ0v) is 16.5. The molecule has 2 heterocycles. The molecule has 0 aliphatic rings. The van der Waals surface area contributed by atoms with Crippen molar-refractivity contribution in [2.24, 2.45) is 0 Å². The predicted molar refractivity (Wildman–Crippen MR) is 112 cm³/mol. The van der Waals surface area contributed by atoms with Gasteiger partial charge in [-0.15, -0.1) is 11.3 Å². The number of carbonyl (C=O) groups is 1. The minimum absolute atomic E-state index is 0.105. The van der Waals surface area contributed by atoms with Gasteiger partial charge in [-0.05, 0) is 48.4 Å². The summed E-state index contributed by atoms with van der Waals surface area (Å²) in [6, 6.07) is 17.1. The van der Waals surface area contributed by atoms with Crippen LogP contribution in [-0.4, -0.2) is 27.2 Å². The summed E-state index contributed by atoms with van der Waals surface area (Å²) in [6.07, 6.45) is 4.52. The van der Waals surface area contributed by atoms with E-state index in [1.807, 2.05) is 52.8 Å². The molecule has 4 rings (SSSR count). The summed E-state index contributed by atoms with van der Waals surface area (Å²) in [4.78, 5) is 16.5. The fourth-order valence-corrected chi connectivity index (χ4v) is 3.35. The van der Waals surface area contributed by atoms with Crippen molar-refractivity contribution in [2.75, 3.05) is 6.54 Å². The number of carbonyl (C=O) groups excluding carboxylic acids is 1. The molecule has 0 aliphatic carbocycles. The normalized spacial score (nSPS) is 10.6. The van der Waals surface area contributed by atoms with E-state index >= 15 is 0 Å². The lowest BCUT2D eigenvalue weighted by molar-refractivity contribution is 0.0954. The molecular formula is C22H20N4O2S. The van der Waals surface area contributed by atoms with Gasteiger partial charge in [0.2, 0.25) is 0 Å². The first kappa shape index (κ1) is 18.9. The third kappa shape index (κ3) is 5.08. The Hall–Kier alpha value is -3.45. The number of hydrogen-bond acceptors (Lipinski definition) is 5. The van der Waals surface area contributed by atoms with Gasteiger partial charge >= 0.3 is 0 Å². The van der Waals surface area contributed by atoms with Crippen molar-refractivity contribution in [2.45, 2.75) is 13.0 Å². The SMILES string of the molecule is O=C(NCCc1cnn(-c2ccccc2)c1)c1ccc(OCc2cscn2)cc1. The van der Waals surface area contributed by atoms with E-state index in [0.717, 1.165) is 16.9 Å². The lowest BCUT2D eigenvalue weighted by Crippen LogP contribution is -2.25. The number of nitrogens with zero attached hydrogens (tertiary/aromatic N) is 3. The van der Waals surface area contributed by atoms with Crippen molar-refractivity contribution in [1.82, 2.24) is 20.1 Å². The number of para-hydroxylation sites is 1. The molecule has 2 aromatic heterocycles. The highest BCUT2D eigenvalue weighted by molar-refractivity contribution is 7.07. The zero-order chi connectivity index (χ0) is 19.9. The second kappa shape index (κ2) is 9.16. The van der Waals surface area contributed by atoms with E-state index in [-0.39, 0.29) is 5.91 Å². The fraction of sp³-hybridized carbons (Fsp3) is 0.136. The Kier molecular flexibility index (Phi) is 5.97. The second-order valence-electron chi connectivity index (χ2n) is 6.43. The van der Waals surface area contributed by atoms with Crippen LogP contribution in [0.5, 0.6) is 5.75 Å². The summed E-state index contributed by atoms with van der Waals surface area (Å²) < 4.78 is 7.50. The van der Waals surface area contributed by atoms with Gasteiger partial charge in [0.15, 0.2) is 0 Å². The van der Waals surface area contributed by atoms with E-state index in [9.17, 15) is 4.79 Å². The molecule has 0 unspecified atom stereocenters. The summed E-state index contributed by atoms with van der Waals surface area (Å²) in [7, 11) is 0. The molecule has 0 saturated carbocycles. The first-order valence-corrected chi connectivity index (χ1v) is 10.2. The van der Waals surface area contributed by atoms with Crippen LogP contribution in [0.3, 0.4) is 0 Å². The molecule has 0 radical (unpaired) electrons. The van der Waals surface area contributed by atoms with Crippen LogP contribution in [0, 0.1) is 0 Å². The Morgan fingerprint density at radius 1 is 1.10 bits per heavy atom. The van der Waals surface area contributed by atoms with Crippen LogP contribution < -0.4 is 10.1 Å². The van der Waals surface area contributed by atoms with Crippen LogP contribution in [0.1, 0.15) is 21.6 Å². The Morgan fingerprint density at radius 3 is 2.69 bits per heavy atom. The van der Waals surface area contributed by atoms with E-state index in [1.165, 1.54) is 11.3 Å². The Bertz CT molecular complexity index is 1040. The van der Waals surface area contributed by atoms with E-state index in [1.54, 1.807) is 29.8 Å². The highest BCUT2D eigenvalue weighted by atomic mass is 32.1. The second-order valence-corrected chi connectivity index (χ2v) is 7.15. The molecule has 146 valence electrons. The third-order valence-corrected chi connectivity index (χ3v) is 4.98. The highest BCUT2D eigenvalue weighted by Gasteiger charge is 2.07. The number of nitrogens with one attached hydrogen (secondary N) is 1. The third-order valence-electron chi connectivity index (χ3n) is 4.34. The molecule has 0 fully saturated rings. The van der Waals surface area contributed by atoms with Crippen molar-refractivity contribution in [3.8, 4) is 11.4 Å². The number of benzene rings is 2. The molecule has 7 heteroatoms. The van der Waals surface area contributed by atoms with Gasteiger partial charge in [-0.1, -0.05) is 18.2 Å². The van der Waals surface area contributed by atoms with E-state index < -0.39 is 0 Å². The monoisotopic (exact) mass is 404 g/mol. The summed E-state index contributed by atoms with van der Waals surface area (Å²) in [5.74, 6) is 0.606. The maximum atomic E-state index is 12.3. The van der Waals surface area contributed by atoms with Crippen molar-refractivity contribution >= 4 is 17.2 Å². The number of hydrogen-bond donors (Lipinski definition) is 1. The molecule has 0 bridgehead atoms. The maximum Gasteiger partial charge on any atom is 0.251 e. The minimum Gasteiger partial charge on any atom is -0.487 e. The summed E-state index contributed by atoms with van der Waals surface area (Å²) in [5, 5.41) is 9.27. The molecular weight excluding hydrogens is 384 g/mol. The van der Waals surface area contributed by atoms with E-state index in [2.05, 4.69) is 15.4 Å². The highest BCUT2D eigenvalue weighted by Crippen LogP contribution is 2.14. The molecule has 0 spiro atoms. The van der Waals surface area contributed by atoms with Gasteiger partial charge in [0.05, 0.1) is 23.1 Å². The van der Waals surface area contributed by atoms with Gasteiger partial charge in [-0.25, -0.2) is 9.67 Å². The number of thiazole rings is 1. The molecule has 0 atom stereocenters. The first-order valence-electron chi connectivity index (χ1n) is 9.25. The van der Waals surface area contributed by atoms with Gasteiger partial charge in [0.25, 0.3) is 5.91 Å². The minimum atomic E-state index is -0.105. The average molecular weight is 404 g/mol. The number of aromatic nitrogens is 3. The number of amides is 1. The molecule has 4 aromatic rings. The van der Waals surface area contributed by atoms with Gasteiger partial charge in [-0.2, -0.15) is 5.10 Å². The van der Waals surface area contributed by atoms with Crippen LogP contribution in [0.15, 0.2) is 77.9 Å². The van der Waals surface area contributed by atoms with Crippen LogP contribution in [0.4, 0.5) is 0 Å². The molecule has 0 saturated heterocycles. The lowest BCUT2D eigenvalue weighted by atomic mass is 10.2.